The minimum atomic E-state index is -0.343. The first-order chi connectivity index (χ1) is 15.7. The number of benzene rings is 3. The molecule has 5 aromatic rings. The van der Waals surface area contributed by atoms with Crippen molar-refractivity contribution in [1.29, 1.82) is 0 Å². The van der Waals surface area contributed by atoms with Crippen LogP contribution in [0, 0.1) is 0 Å². The SMILES string of the molecule is O=C(NN=Cc1cn(-c2ccccc2)nc1-c1ccccc1)c1sc2ccccc2c1Cl. The number of hydrogen-bond acceptors (Lipinski definition) is 4. The zero-order chi connectivity index (χ0) is 21.9. The molecule has 0 spiro atoms. The molecule has 0 atom stereocenters. The lowest BCUT2D eigenvalue weighted by atomic mass is 10.1. The number of hydrogen-bond donors (Lipinski definition) is 1. The number of rotatable bonds is 5. The monoisotopic (exact) mass is 456 g/mol. The molecular formula is C25H17ClN4OS. The van der Waals surface area contributed by atoms with E-state index in [0.29, 0.717) is 9.90 Å². The number of thiophene rings is 1. The molecule has 5 rings (SSSR count). The van der Waals surface area contributed by atoms with Gasteiger partial charge < -0.3 is 0 Å². The van der Waals surface area contributed by atoms with E-state index in [1.54, 1.807) is 10.9 Å². The summed E-state index contributed by atoms with van der Waals surface area (Å²) >= 11 is 7.75. The number of para-hydroxylation sites is 1. The Morgan fingerprint density at radius 3 is 2.41 bits per heavy atom. The van der Waals surface area contributed by atoms with E-state index < -0.39 is 0 Å². The van der Waals surface area contributed by atoms with Gasteiger partial charge in [-0.1, -0.05) is 78.3 Å². The van der Waals surface area contributed by atoms with Crippen LogP contribution in [0.5, 0.6) is 0 Å². The number of nitrogens with zero attached hydrogens (tertiary/aromatic N) is 3. The number of halogens is 1. The molecule has 2 aromatic heterocycles. The summed E-state index contributed by atoms with van der Waals surface area (Å²) in [5, 5.41) is 10.2. The molecule has 0 fully saturated rings. The molecule has 2 heterocycles. The molecule has 1 N–H and O–H groups in total. The highest BCUT2D eigenvalue weighted by Gasteiger charge is 2.16. The largest absolute Gasteiger partial charge is 0.283 e. The van der Waals surface area contributed by atoms with Gasteiger partial charge in [0, 0.05) is 27.4 Å². The van der Waals surface area contributed by atoms with Gasteiger partial charge in [0.2, 0.25) is 0 Å². The Kier molecular flexibility index (Phi) is 5.54. The lowest BCUT2D eigenvalue weighted by Crippen LogP contribution is -2.16. The van der Waals surface area contributed by atoms with E-state index in [-0.39, 0.29) is 5.91 Å². The van der Waals surface area contributed by atoms with Crippen molar-refractivity contribution in [2.24, 2.45) is 5.10 Å². The van der Waals surface area contributed by atoms with E-state index in [1.807, 2.05) is 91.1 Å². The Labute approximate surface area is 193 Å². The van der Waals surface area contributed by atoms with Crippen molar-refractivity contribution < 1.29 is 4.79 Å². The zero-order valence-electron chi connectivity index (χ0n) is 16.8. The van der Waals surface area contributed by atoms with E-state index in [1.165, 1.54) is 11.3 Å². The number of fused-ring (bicyclic) bond motifs is 1. The number of hydrazone groups is 1. The second kappa shape index (κ2) is 8.78. The van der Waals surface area contributed by atoms with E-state index in [9.17, 15) is 4.79 Å². The number of nitrogens with one attached hydrogen (secondary N) is 1. The molecule has 156 valence electrons. The highest BCUT2D eigenvalue weighted by molar-refractivity contribution is 7.21. The quantitative estimate of drug-likeness (QED) is 0.254. The maximum Gasteiger partial charge on any atom is 0.283 e. The summed E-state index contributed by atoms with van der Waals surface area (Å²) in [6, 6.07) is 27.4. The summed E-state index contributed by atoms with van der Waals surface area (Å²) in [6.45, 7) is 0. The van der Waals surface area contributed by atoms with Crippen LogP contribution in [-0.2, 0) is 0 Å². The van der Waals surface area contributed by atoms with Crippen molar-refractivity contribution in [2.45, 2.75) is 0 Å². The molecule has 7 heteroatoms. The fourth-order valence-corrected chi connectivity index (χ4v) is 4.79. The van der Waals surface area contributed by atoms with Gasteiger partial charge in [-0.2, -0.15) is 10.2 Å². The number of carbonyl (C=O) groups excluding carboxylic acids is 1. The first-order valence-corrected chi connectivity index (χ1v) is 11.1. The zero-order valence-corrected chi connectivity index (χ0v) is 18.3. The Balaban J connectivity index is 1.44. The van der Waals surface area contributed by atoms with Gasteiger partial charge in [-0.15, -0.1) is 11.3 Å². The van der Waals surface area contributed by atoms with E-state index in [2.05, 4.69) is 10.5 Å². The molecule has 0 unspecified atom stereocenters. The molecule has 1 amide bonds. The Morgan fingerprint density at radius 1 is 0.969 bits per heavy atom. The fraction of sp³-hybridized carbons (Fsp3) is 0. The van der Waals surface area contributed by atoms with Crippen LogP contribution in [0.4, 0.5) is 0 Å². The van der Waals surface area contributed by atoms with Gasteiger partial charge in [-0.3, -0.25) is 4.79 Å². The topological polar surface area (TPSA) is 59.3 Å². The lowest BCUT2D eigenvalue weighted by Gasteiger charge is -2.00. The second-order valence-corrected chi connectivity index (χ2v) is 8.45. The Bertz CT molecular complexity index is 1420. The summed E-state index contributed by atoms with van der Waals surface area (Å²) < 4.78 is 2.76. The maximum absolute atomic E-state index is 12.7. The predicted octanol–water partition coefficient (Wildman–Crippen LogP) is 6.17. The van der Waals surface area contributed by atoms with Crippen molar-refractivity contribution in [2.75, 3.05) is 0 Å². The summed E-state index contributed by atoms with van der Waals surface area (Å²) in [6.07, 6.45) is 3.49. The summed E-state index contributed by atoms with van der Waals surface area (Å²) in [4.78, 5) is 13.1. The van der Waals surface area contributed by atoms with Crippen molar-refractivity contribution in [3.8, 4) is 16.9 Å². The first kappa shape index (κ1) is 20.2. The van der Waals surface area contributed by atoms with Crippen molar-refractivity contribution in [3.05, 3.63) is 107 Å². The summed E-state index contributed by atoms with van der Waals surface area (Å²) in [5.74, 6) is -0.343. The average Bonchev–Trinajstić information content (AvgIpc) is 3.42. The van der Waals surface area contributed by atoms with E-state index >= 15 is 0 Å². The number of carbonyl (C=O) groups is 1. The fourth-order valence-electron chi connectivity index (χ4n) is 3.39. The van der Waals surface area contributed by atoms with Gasteiger partial charge in [0.15, 0.2) is 0 Å². The number of amides is 1. The molecule has 32 heavy (non-hydrogen) atoms. The van der Waals surface area contributed by atoms with Crippen LogP contribution in [0.3, 0.4) is 0 Å². The standard InChI is InChI=1S/C25H17ClN4OS/c26-22-20-13-7-8-14-21(20)32-24(22)25(31)28-27-15-18-16-30(19-11-5-2-6-12-19)29-23(18)17-9-3-1-4-10-17/h1-16H,(H,28,31). The Morgan fingerprint density at radius 2 is 1.66 bits per heavy atom. The first-order valence-electron chi connectivity index (χ1n) is 9.91. The third-order valence-corrected chi connectivity index (χ3v) is 6.60. The van der Waals surface area contributed by atoms with Crippen LogP contribution in [0.15, 0.2) is 96.2 Å². The van der Waals surface area contributed by atoms with Crippen molar-refractivity contribution in [1.82, 2.24) is 15.2 Å². The normalized spacial score (nSPS) is 11.3. The van der Waals surface area contributed by atoms with Gasteiger partial charge in [-0.25, -0.2) is 10.1 Å². The van der Waals surface area contributed by atoms with Gasteiger partial charge in [0.25, 0.3) is 5.91 Å². The lowest BCUT2D eigenvalue weighted by molar-refractivity contribution is 0.0959. The minimum absolute atomic E-state index is 0.343. The summed E-state index contributed by atoms with van der Waals surface area (Å²) in [5.41, 5.74) is 6.04. The van der Waals surface area contributed by atoms with Gasteiger partial charge in [-0.05, 0) is 18.2 Å². The molecule has 3 aromatic carbocycles. The molecule has 0 radical (unpaired) electrons. The van der Waals surface area contributed by atoms with Crippen molar-refractivity contribution >= 4 is 45.1 Å². The molecule has 0 saturated heterocycles. The molecule has 0 saturated carbocycles. The van der Waals surface area contributed by atoms with Gasteiger partial charge >= 0.3 is 0 Å². The third kappa shape index (κ3) is 3.93. The highest BCUT2D eigenvalue weighted by Crippen LogP contribution is 2.35. The number of aromatic nitrogens is 2. The highest BCUT2D eigenvalue weighted by atomic mass is 35.5. The molecule has 5 nitrogen and oxygen atoms in total. The maximum atomic E-state index is 12.7. The van der Waals surface area contributed by atoms with E-state index in [4.69, 9.17) is 16.7 Å². The van der Waals surface area contributed by atoms with Gasteiger partial charge in [0.1, 0.15) is 10.6 Å². The van der Waals surface area contributed by atoms with Gasteiger partial charge in [0.05, 0.1) is 16.9 Å². The molecule has 0 aliphatic rings. The second-order valence-electron chi connectivity index (χ2n) is 7.02. The van der Waals surface area contributed by atoms with Crippen LogP contribution in [-0.4, -0.2) is 21.9 Å². The van der Waals surface area contributed by atoms with E-state index in [0.717, 1.165) is 32.6 Å². The van der Waals surface area contributed by atoms with Crippen LogP contribution < -0.4 is 5.43 Å². The molecule has 0 bridgehead atoms. The Hall–Kier alpha value is -3.74. The molecule has 0 aliphatic heterocycles. The third-order valence-electron chi connectivity index (χ3n) is 4.92. The van der Waals surface area contributed by atoms with Crippen LogP contribution in [0.2, 0.25) is 5.02 Å². The van der Waals surface area contributed by atoms with Crippen molar-refractivity contribution in [3.63, 3.8) is 0 Å². The van der Waals surface area contributed by atoms with Crippen LogP contribution in [0.25, 0.3) is 27.0 Å². The molecular weight excluding hydrogens is 440 g/mol. The smallest absolute Gasteiger partial charge is 0.266 e. The summed E-state index contributed by atoms with van der Waals surface area (Å²) in [7, 11) is 0. The predicted molar refractivity (Wildman–Crippen MR) is 131 cm³/mol. The molecule has 0 aliphatic carbocycles. The minimum Gasteiger partial charge on any atom is -0.266 e. The van der Waals surface area contributed by atoms with Crippen LogP contribution >= 0.6 is 22.9 Å². The van der Waals surface area contributed by atoms with Crippen LogP contribution in [0.1, 0.15) is 15.2 Å². The average molecular weight is 457 g/mol.